The van der Waals surface area contributed by atoms with E-state index in [0.29, 0.717) is 79.5 Å². The maximum atomic E-state index is 15.3. The van der Waals surface area contributed by atoms with Crippen LogP contribution in [0.1, 0.15) is 143 Å². The van der Waals surface area contributed by atoms with E-state index in [1.165, 1.54) is 0 Å². The van der Waals surface area contributed by atoms with Crippen LogP contribution in [0.2, 0.25) is 0 Å². The third kappa shape index (κ3) is 15.5. The van der Waals surface area contributed by atoms with Gasteiger partial charge in [-0.05, 0) is 172 Å². The highest BCUT2D eigenvalue weighted by molar-refractivity contribution is 5.98. The van der Waals surface area contributed by atoms with Crippen LogP contribution in [0, 0.1) is 35.0 Å². The Morgan fingerprint density at radius 3 is 2.48 bits per heavy atom. The number of allylic oxidation sites excluding steroid dienone is 5. The second kappa shape index (κ2) is 29.6. The number of methoxy groups -OCH3 is 1. The van der Waals surface area contributed by atoms with Gasteiger partial charge in [-0.15, -0.1) is 0 Å². The zero-order valence-electron chi connectivity index (χ0n) is 50.7. The molecule has 17 nitrogen and oxygen atoms in total. The Labute approximate surface area is 508 Å². The summed E-state index contributed by atoms with van der Waals surface area (Å²) in [6.45, 7) is 11.5. The number of hydrogen-bond donors (Lipinski definition) is 12. The molecule has 2 saturated carbocycles. The van der Waals surface area contributed by atoms with Crippen molar-refractivity contribution in [3.63, 3.8) is 0 Å². The molecule has 1 spiro atoms. The van der Waals surface area contributed by atoms with E-state index in [0.717, 1.165) is 52.7 Å². The molecule has 17 heteroatoms. The first-order chi connectivity index (χ1) is 41.2. The average molecular weight is 1180 g/mol. The number of guanidine groups is 1. The smallest absolute Gasteiger partial charge is 0.243 e. The van der Waals surface area contributed by atoms with Gasteiger partial charge < -0.3 is 62.6 Å². The van der Waals surface area contributed by atoms with E-state index >= 15 is 4.79 Å². The maximum Gasteiger partial charge on any atom is 0.243 e. The van der Waals surface area contributed by atoms with Crippen molar-refractivity contribution in [1.29, 1.82) is 0 Å². The van der Waals surface area contributed by atoms with Crippen molar-refractivity contribution in [2.24, 2.45) is 45.4 Å². The number of rotatable bonds is 12. The number of fused-ring (bicyclic) bond motifs is 4. The molecule has 3 heterocycles. The Morgan fingerprint density at radius 1 is 0.965 bits per heavy atom. The Hall–Kier alpha value is -6.27. The number of carbonyl (C=O) groups is 2. The molecule has 0 unspecified atom stereocenters. The molecule has 2 aliphatic carbocycles. The van der Waals surface area contributed by atoms with Gasteiger partial charge in [-0.3, -0.25) is 25.2 Å². The minimum Gasteiger partial charge on any atom is -0.508 e. The SMILES string of the molecule is C=C1/C=C/C=C(\[C@H]2CC[C@@]3([C@@H]4CC[C@H](O)Cc5cccc(c5)C[C@H]([C@H](CN=C(N)N)c5ccc(O)cc5)[C@H](O)CN[C@H]5C(=O)N[C@@H](N)c6cccc(c65)CC(=O)C(C)=C4CC[C@@]3(C)O)[C@@H]2O)COCC#CC/C(C)=C/C[C@@]1(O)NCCCCCOC. The molecule has 86 heavy (non-hydrogen) atoms. The Bertz CT molecular complexity index is 3100. The minimum absolute atomic E-state index is 0.0673. The first kappa shape index (κ1) is 65.7. The molecular weight excluding hydrogens is 1090 g/mol. The lowest BCUT2D eigenvalue weighted by Gasteiger charge is -2.56. The number of hydrogen-bond acceptors (Lipinski definition) is 14. The molecule has 2 bridgehead atoms. The predicted octanol–water partition coefficient (Wildman–Crippen LogP) is 6.32. The number of phenols is 1. The number of aromatic hydroxyl groups is 1. The number of ketones is 1. The quantitative estimate of drug-likeness (QED) is 0.0236. The van der Waals surface area contributed by atoms with Gasteiger partial charge in [-0.2, -0.15) is 0 Å². The summed E-state index contributed by atoms with van der Waals surface area (Å²) < 4.78 is 11.5. The molecule has 15 N–H and O–H groups in total. The fourth-order valence-corrected chi connectivity index (χ4v) is 14.3. The van der Waals surface area contributed by atoms with Gasteiger partial charge in [-0.1, -0.05) is 108 Å². The van der Waals surface area contributed by atoms with Crippen molar-refractivity contribution in [2.45, 2.75) is 158 Å². The second-order valence-electron chi connectivity index (χ2n) is 24.9. The van der Waals surface area contributed by atoms with Crippen molar-refractivity contribution in [3.05, 3.63) is 159 Å². The summed E-state index contributed by atoms with van der Waals surface area (Å²) >= 11 is 0. The maximum absolute atomic E-state index is 15.3. The number of Topliss-reactive ketones (excluding diaryl/α,β-unsaturated/α-hetero) is 1. The summed E-state index contributed by atoms with van der Waals surface area (Å²) in [6, 6.07) is 19.0. The largest absolute Gasteiger partial charge is 0.508 e. The Kier molecular flexibility index (Phi) is 22.6. The zero-order valence-corrected chi connectivity index (χ0v) is 50.7. The van der Waals surface area contributed by atoms with Crippen molar-refractivity contribution in [1.82, 2.24) is 16.0 Å². The van der Waals surface area contributed by atoms with Crippen LogP contribution in [-0.2, 0) is 38.3 Å². The van der Waals surface area contributed by atoms with E-state index in [9.17, 15) is 35.4 Å². The Morgan fingerprint density at radius 2 is 1.72 bits per heavy atom. The summed E-state index contributed by atoms with van der Waals surface area (Å²) in [4.78, 5) is 33.9. The predicted molar refractivity (Wildman–Crippen MR) is 335 cm³/mol. The molecule has 3 aromatic rings. The number of β-amino-alcohol motifs (C(OH)–C–C–N with tert-alkyl or cyclic N) is 1. The lowest BCUT2D eigenvalue weighted by Crippen LogP contribution is -2.59. The average Bonchev–Trinajstić information content (AvgIpc) is 1.48. The molecule has 0 saturated heterocycles. The standard InChI is InChI=1S/C69H93N7O10/c1-43-14-7-10-35-86-42-50(19-11-15-44(2)69(84,32-27-43)75-33-8-6-9-34-85-5)54-29-31-68(63(54)81)58-26-25-52(78)37-46-16-12-17-47(36-46)38-56(57(40-74-66(71)72)48-21-23-51(77)24-22-48)60(80)41-73-62-61-49(18-13-20-55(61)64(70)76-65(62)82)39-59(79)45(3)53(58)28-30-67(68,4)83/h11-13,15-24,27,36,52,54,56-58,60,62-64,73,75,77-78,80-81,83-84H,2,6,8-9,14,25-26,28-35,37-42,70H2,1,3-5H3,(H,76,82)(H4,71,72,74)/b15-11+,43-27+,50-19-,53-45?/t52-,54+,56+,57+,58+,60+,62+,63+,64+,67+,68+,69-/m0/s1. The van der Waals surface area contributed by atoms with Crippen molar-refractivity contribution in [2.75, 3.05) is 46.6 Å². The highest BCUT2D eigenvalue weighted by Gasteiger charge is 2.64. The molecule has 3 aromatic carbocycles. The first-order valence-electron chi connectivity index (χ1n) is 30.7. The van der Waals surface area contributed by atoms with E-state index < -0.39 is 76.8 Å². The van der Waals surface area contributed by atoms with Crippen LogP contribution in [-0.4, -0.2) is 124 Å². The molecule has 8 rings (SSSR count). The molecule has 1 amide bonds. The van der Waals surface area contributed by atoms with E-state index in [2.05, 4.69) is 39.4 Å². The first-order valence-corrected chi connectivity index (χ1v) is 30.7. The molecule has 2 fully saturated rings. The molecule has 464 valence electrons. The molecular formula is C69H93N7O10. The van der Waals surface area contributed by atoms with E-state index in [-0.39, 0.29) is 75.9 Å². The van der Waals surface area contributed by atoms with Crippen molar-refractivity contribution >= 4 is 17.6 Å². The van der Waals surface area contributed by atoms with Gasteiger partial charge in [0, 0.05) is 63.3 Å². The normalized spacial score (nSPS) is 31.9. The van der Waals surface area contributed by atoms with E-state index in [1.807, 2.05) is 74.5 Å². The number of benzene rings is 3. The van der Waals surface area contributed by atoms with Crippen LogP contribution < -0.4 is 33.2 Å². The number of nitrogens with zero attached hydrogens (tertiary/aromatic N) is 1. The number of aliphatic hydroxyl groups is 5. The van der Waals surface area contributed by atoms with Gasteiger partial charge in [0.1, 0.15) is 30.3 Å². The highest BCUT2D eigenvalue weighted by Crippen LogP contribution is 2.63. The summed E-state index contributed by atoms with van der Waals surface area (Å²) in [7, 11) is 1.69. The van der Waals surface area contributed by atoms with Crippen LogP contribution in [0.5, 0.6) is 5.75 Å². The number of aliphatic imine (C=N–C) groups is 1. The van der Waals surface area contributed by atoms with Gasteiger partial charge in [0.2, 0.25) is 5.91 Å². The number of nitrogens with one attached hydrogen (secondary N) is 3. The van der Waals surface area contributed by atoms with Gasteiger partial charge >= 0.3 is 0 Å². The zero-order chi connectivity index (χ0) is 61.8. The third-order valence-corrected chi connectivity index (χ3v) is 19.2. The van der Waals surface area contributed by atoms with Crippen molar-refractivity contribution in [3.8, 4) is 17.6 Å². The number of amides is 1. The summed E-state index contributed by atoms with van der Waals surface area (Å²) in [5, 5.41) is 83.1. The highest BCUT2D eigenvalue weighted by atomic mass is 16.5. The van der Waals surface area contributed by atoms with Crippen LogP contribution in [0.25, 0.3) is 0 Å². The summed E-state index contributed by atoms with van der Waals surface area (Å²) in [5.74, 6) is 3.57. The summed E-state index contributed by atoms with van der Waals surface area (Å²) in [6.07, 6.45) is 9.68. The van der Waals surface area contributed by atoms with Crippen LogP contribution in [0.15, 0.2) is 130 Å². The topological polar surface area (TPSA) is 300 Å². The van der Waals surface area contributed by atoms with Gasteiger partial charge in [-0.25, -0.2) is 0 Å². The second-order valence-corrected chi connectivity index (χ2v) is 24.9. The lowest BCUT2D eigenvalue weighted by atomic mass is 9.52. The lowest BCUT2D eigenvalue weighted by molar-refractivity contribution is -0.168. The molecule has 3 aliphatic heterocycles. The fraction of sp³-hybridized carbons (Fsp3) is 0.522. The monoisotopic (exact) mass is 1180 g/mol. The van der Waals surface area contributed by atoms with Gasteiger partial charge in [0.15, 0.2) is 11.7 Å². The molecule has 5 aliphatic rings. The number of unbranched alkanes of at least 4 members (excludes halogenated alkanes) is 2. The molecule has 12 atom stereocenters. The summed E-state index contributed by atoms with van der Waals surface area (Å²) in [5.41, 5.74) is 22.3. The number of aliphatic hydroxyl groups excluding tert-OH is 3. The van der Waals surface area contributed by atoms with Crippen LogP contribution >= 0.6 is 0 Å². The third-order valence-electron chi connectivity index (χ3n) is 19.2. The van der Waals surface area contributed by atoms with Crippen LogP contribution in [0.3, 0.4) is 0 Å². The Balaban J connectivity index is 1.18. The van der Waals surface area contributed by atoms with Crippen molar-refractivity contribution < 1.29 is 49.7 Å². The molecule has 0 radical (unpaired) electrons. The van der Waals surface area contributed by atoms with Crippen LogP contribution in [0.4, 0.5) is 0 Å². The van der Waals surface area contributed by atoms with Gasteiger partial charge in [0.25, 0.3) is 0 Å². The number of carbonyl (C=O) groups excluding carboxylic acids is 2. The van der Waals surface area contributed by atoms with Gasteiger partial charge in [0.05, 0.1) is 30.5 Å². The fourth-order valence-electron chi connectivity index (χ4n) is 14.3. The number of phenolic OH excluding ortho intramolecular Hbond substituents is 1. The van der Waals surface area contributed by atoms with E-state index in [1.54, 1.807) is 44.4 Å². The molecule has 0 aromatic heterocycles. The number of ether oxygens (including phenoxy) is 2. The number of nitrogens with two attached hydrogens (primary N) is 3. The minimum atomic E-state index is -1.44. The van der Waals surface area contributed by atoms with E-state index in [4.69, 9.17) is 26.7 Å².